The van der Waals surface area contributed by atoms with Crippen LogP contribution in [-0.2, 0) is 17.9 Å². The first-order chi connectivity index (χ1) is 13.4. The van der Waals surface area contributed by atoms with E-state index in [-0.39, 0.29) is 17.9 Å². The summed E-state index contributed by atoms with van der Waals surface area (Å²) in [5.74, 6) is 1.17. The molecule has 0 aliphatic carbocycles. The van der Waals surface area contributed by atoms with Gasteiger partial charge in [-0.1, -0.05) is 24.3 Å². The molecule has 150 valence electrons. The highest BCUT2D eigenvalue weighted by Crippen LogP contribution is 2.19. The molecular weight excluding hydrogens is 354 g/mol. The van der Waals surface area contributed by atoms with Crippen LogP contribution >= 0.6 is 0 Å². The Balaban J connectivity index is 1.49. The Labute approximate surface area is 166 Å². The zero-order chi connectivity index (χ0) is 20.1. The Bertz CT molecular complexity index is 822. The van der Waals surface area contributed by atoms with Gasteiger partial charge in [0.1, 0.15) is 5.82 Å². The van der Waals surface area contributed by atoms with Crippen molar-refractivity contribution in [1.82, 2.24) is 24.7 Å². The van der Waals surface area contributed by atoms with Crippen LogP contribution in [0.15, 0.2) is 36.7 Å². The fourth-order valence-corrected chi connectivity index (χ4v) is 3.59. The number of urea groups is 1. The van der Waals surface area contributed by atoms with Crippen LogP contribution in [0.5, 0.6) is 0 Å². The molecule has 1 aromatic carbocycles. The minimum atomic E-state index is -0.0633. The highest BCUT2D eigenvalue weighted by Gasteiger charge is 2.28. The number of carbonyl (C=O) groups excluding carboxylic acids is 2. The number of rotatable bonds is 5. The fraction of sp³-hybridized carbons (Fsp3) is 0.476. The smallest absolute Gasteiger partial charge is 0.317 e. The number of benzene rings is 1. The summed E-state index contributed by atoms with van der Waals surface area (Å²) in [4.78, 5) is 32.2. The summed E-state index contributed by atoms with van der Waals surface area (Å²) >= 11 is 0. The number of aromatic nitrogens is 2. The number of hydrogen-bond donors (Lipinski definition) is 1. The SMILES string of the molecule is Cc1nccn1Cc1cccc(CNC(=O)N2CCC(C(=O)N(C)C)CC2)c1. The molecule has 3 amide bonds. The van der Waals surface area contributed by atoms with Gasteiger partial charge in [0.25, 0.3) is 0 Å². The van der Waals surface area contributed by atoms with Gasteiger partial charge in [-0.3, -0.25) is 4.79 Å². The topological polar surface area (TPSA) is 70.5 Å². The summed E-state index contributed by atoms with van der Waals surface area (Å²) in [5, 5.41) is 3.01. The van der Waals surface area contributed by atoms with Crippen LogP contribution in [0, 0.1) is 12.8 Å². The molecule has 3 rings (SSSR count). The first-order valence-electron chi connectivity index (χ1n) is 9.73. The predicted octanol–water partition coefficient (Wildman–Crippen LogP) is 2.25. The second-order valence-corrected chi connectivity index (χ2v) is 7.58. The van der Waals surface area contributed by atoms with E-state index >= 15 is 0 Å². The van der Waals surface area contributed by atoms with Crippen molar-refractivity contribution in [2.45, 2.75) is 32.9 Å². The van der Waals surface area contributed by atoms with Crippen LogP contribution in [-0.4, -0.2) is 58.5 Å². The maximum Gasteiger partial charge on any atom is 0.317 e. The third-order valence-corrected chi connectivity index (χ3v) is 5.28. The normalized spacial score (nSPS) is 14.8. The van der Waals surface area contributed by atoms with Crippen LogP contribution in [0.1, 0.15) is 29.8 Å². The Morgan fingerprint density at radius 1 is 1.21 bits per heavy atom. The molecule has 1 fully saturated rings. The second kappa shape index (κ2) is 8.91. The molecule has 0 bridgehead atoms. The van der Waals surface area contributed by atoms with E-state index in [1.165, 1.54) is 5.56 Å². The number of aryl methyl sites for hydroxylation is 1. The van der Waals surface area contributed by atoms with Gasteiger partial charge in [0.2, 0.25) is 5.91 Å². The average molecular weight is 383 g/mol. The summed E-state index contributed by atoms with van der Waals surface area (Å²) in [6, 6.07) is 8.17. The van der Waals surface area contributed by atoms with Gasteiger partial charge in [-0.25, -0.2) is 9.78 Å². The van der Waals surface area contributed by atoms with Gasteiger partial charge in [-0.05, 0) is 30.9 Å². The van der Waals surface area contributed by atoms with Crippen LogP contribution in [0.25, 0.3) is 0 Å². The van der Waals surface area contributed by atoms with Crippen molar-refractivity contribution in [3.05, 3.63) is 53.6 Å². The molecule has 0 radical (unpaired) electrons. The highest BCUT2D eigenvalue weighted by atomic mass is 16.2. The zero-order valence-electron chi connectivity index (χ0n) is 16.9. The van der Waals surface area contributed by atoms with Crippen molar-refractivity contribution in [3.8, 4) is 0 Å². The van der Waals surface area contributed by atoms with Crippen molar-refractivity contribution < 1.29 is 9.59 Å². The molecular formula is C21H29N5O2. The average Bonchev–Trinajstić information content (AvgIpc) is 3.10. The molecule has 7 heteroatoms. The Morgan fingerprint density at radius 2 is 1.93 bits per heavy atom. The minimum absolute atomic E-state index is 0.0300. The van der Waals surface area contributed by atoms with E-state index in [0.29, 0.717) is 19.6 Å². The molecule has 28 heavy (non-hydrogen) atoms. The van der Waals surface area contributed by atoms with Gasteiger partial charge in [0, 0.05) is 58.6 Å². The van der Waals surface area contributed by atoms with Crippen molar-refractivity contribution in [2.75, 3.05) is 27.2 Å². The summed E-state index contributed by atoms with van der Waals surface area (Å²) in [6.45, 7) is 4.48. The van der Waals surface area contributed by atoms with Crippen molar-refractivity contribution in [2.24, 2.45) is 5.92 Å². The third-order valence-electron chi connectivity index (χ3n) is 5.28. The fourth-order valence-electron chi connectivity index (χ4n) is 3.59. The van der Waals surface area contributed by atoms with E-state index in [1.807, 2.05) is 25.3 Å². The van der Waals surface area contributed by atoms with E-state index in [4.69, 9.17) is 0 Å². The molecule has 1 saturated heterocycles. The van der Waals surface area contributed by atoms with Crippen LogP contribution in [0.2, 0.25) is 0 Å². The first-order valence-corrected chi connectivity index (χ1v) is 9.73. The molecule has 1 aromatic heterocycles. The van der Waals surface area contributed by atoms with Gasteiger partial charge in [0.15, 0.2) is 0 Å². The molecule has 2 aromatic rings. The lowest BCUT2D eigenvalue weighted by atomic mass is 9.96. The lowest BCUT2D eigenvalue weighted by Crippen LogP contribution is -2.46. The Hall–Kier alpha value is -2.83. The van der Waals surface area contributed by atoms with Crippen LogP contribution in [0.4, 0.5) is 4.79 Å². The maximum absolute atomic E-state index is 12.5. The van der Waals surface area contributed by atoms with E-state index in [1.54, 1.807) is 30.1 Å². The van der Waals surface area contributed by atoms with Gasteiger partial charge in [-0.15, -0.1) is 0 Å². The third kappa shape index (κ3) is 4.91. The Morgan fingerprint density at radius 3 is 2.57 bits per heavy atom. The molecule has 2 heterocycles. The number of nitrogens with zero attached hydrogens (tertiary/aromatic N) is 4. The number of amides is 3. The number of nitrogens with one attached hydrogen (secondary N) is 1. The van der Waals surface area contributed by atoms with Crippen molar-refractivity contribution >= 4 is 11.9 Å². The maximum atomic E-state index is 12.5. The lowest BCUT2D eigenvalue weighted by Gasteiger charge is -2.32. The molecule has 0 unspecified atom stereocenters. The van der Waals surface area contributed by atoms with Gasteiger partial charge >= 0.3 is 6.03 Å². The monoisotopic (exact) mass is 383 g/mol. The number of likely N-dealkylation sites (tertiary alicyclic amines) is 1. The molecule has 1 aliphatic rings. The van der Waals surface area contributed by atoms with Crippen LogP contribution < -0.4 is 5.32 Å². The van der Waals surface area contributed by atoms with Crippen LogP contribution in [0.3, 0.4) is 0 Å². The predicted molar refractivity (Wildman–Crippen MR) is 108 cm³/mol. The molecule has 0 spiro atoms. The van der Waals surface area contributed by atoms with Gasteiger partial charge < -0.3 is 19.7 Å². The number of hydrogen-bond acceptors (Lipinski definition) is 3. The van der Waals surface area contributed by atoms with E-state index in [9.17, 15) is 9.59 Å². The molecule has 0 saturated carbocycles. The molecule has 7 nitrogen and oxygen atoms in total. The highest BCUT2D eigenvalue weighted by molar-refractivity contribution is 5.79. The standard InChI is InChI=1S/C21H29N5O2/c1-16-22-9-12-26(16)15-18-6-4-5-17(13-18)14-23-21(28)25-10-7-19(8-11-25)20(27)24(2)3/h4-6,9,12-13,19H,7-8,10-11,14-15H2,1-3H3,(H,23,28). The van der Waals surface area contributed by atoms with Gasteiger partial charge in [0.05, 0.1) is 0 Å². The summed E-state index contributed by atoms with van der Waals surface area (Å²) in [6.07, 6.45) is 5.22. The summed E-state index contributed by atoms with van der Waals surface area (Å²) in [5.41, 5.74) is 2.25. The lowest BCUT2D eigenvalue weighted by molar-refractivity contribution is -0.134. The number of imidazole rings is 1. The van der Waals surface area contributed by atoms with Crippen molar-refractivity contribution in [3.63, 3.8) is 0 Å². The minimum Gasteiger partial charge on any atom is -0.349 e. The number of carbonyl (C=O) groups is 2. The van der Waals surface area contributed by atoms with Crippen molar-refractivity contribution in [1.29, 1.82) is 0 Å². The van der Waals surface area contributed by atoms with E-state index in [0.717, 1.165) is 30.8 Å². The largest absolute Gasteiger partial charge is 0.349 e. The summed E-state index contributed by atoms with van der Waals surface area (Å²) < 4.78 is 2.09. The quantitative estimate of drug-likeness (QED) is 0.861. The van der Waals surface area contributed by atoms with E-state index in [2.05, 4.69) is 27.0 Å². The van der Waals surface area contributed by atoms with Gasteiger partial charge in [-0.2, -0.15) is 0 Å². The zero-order valence-corrected chi connectivity index (χ0v) is 16.9. The summed E-state index contributed by atoms with van der Waals surface area (Å²) in [7, 11) is 3.56. The molecule has 1 aliphatic heterocycles. The van der Waals surface area contributed by atoms with E-state index < -0.39 is 0 Å². The number of piperidine rings is 1. The first kappa shape index (κ1) is 19.9. The Kier molecular flexibility index (Phi) is 6.34. The molecule has 1 N–H and O–H groups in total. The second-order valence-electron chi connectivity index (χ2n) is 7.58. The molecule has 0 atom stereocenters.